The van der Waals surface area contributed by atoms with Crippen molar-refractivity contribution in [2.75, 3.05) is 19.4 Å². The summed E-state index contributed by atoms with van der Waals surface area (Å²) in [7, 11) is 4.90. The molecule has 0 fully saturated rings. The molecule has 0 saturated heterocycles. The Balaban J connectivity index is 1.98. The molecule has 0 bridgehead atoms. The summed E-state index contributed by atoms with van der Waals surface area (Å²) in [6, 6.07) is 8.31. The maximum absolute atomic E-state index is 13.4. The first kappa shape index (κ1) is 23.3. The number of hydrogen-bond donors (Lipinski definition) is 2. The highest BCUT2D eigenvalue weighted by Crippen LogP contribution is 2.30. The quantitative estimate of drug-likeness (QED) is 0.455. The summed E-state index contributed by atoms with van der Waals surface area (Å²) in [5, 5.41) is 4.21. The Hall–Kier alpha value is -3.85. The standard InChI is InChI=1S/C24H25ClN6O3/c1-12-8-15(13(2)28-18-7-6-14(25)10-16(18)21(26)32)20-17(9-12)23(33)30(5)22-19(24(34)29(3)4)27-11-31(20)22/h6-11,13,28H,1-5H3,(H2,26,32). The topological polar surface area (TPSA) is 115 Å². The van der Waals surface area contributed by atoms with Crippen molar-refractivity contribution < 1.29 is 9.59 Å². The number of aromatic nitrogens is 3. The van der Waals surface area contributed by atoms with Gasteiger partial charge in [-0.2, -0.15) is 0 Å². The molecule has 2 aromatic carbocycles. The van der Waals surface area contributed by atoms with E-state index >= 15 is 0 Å². The van der Waals surface area contributed by atoms with E-state index in [1.807, 2.05) is 26.0 Å². The highest BCUT2D eigenvalue weighted by atomic mass is 35.5. The summed E-state index contributed by atoms with van der Waals surface area (Å²) in [6.45, 7) is 3.82. The van der Waals surface area contributed by atoms with Crippen molar-refractivity contribution in [2.24, 2.45) is 12.8 Å². The molecule has 2 aromatic heterocycles. The van der Waals surface area contributed by atoms with E-state index in [1.54, 1.807) is 44.0 Å². The fourth-order valence-corrected chi connectivity index (χ4v) is 4.36. The molecule has 0 saturated carbocycles. The van der Waals surface area contributed by atoms with Crippen molar-refractivity contribution in [1.82, 2.24) is 18.9 Å². The SMILES string of the molecule is Cc1cc(C(C)Nc2ccc(Cl)cc2C(N)=O)c2c(c1)c(=O)n(C)c1c(C(=O)N(C)C)ncn21. The third kappa shape index (κ3) is 3.77. The number of halogens is 1. The number of nitrogens with two attached hydrogens (primary N) is 1. The molecule has 0 aliphatic rings. The first-order chi connectivity index (χ1) is 16.0. The molecule has 0 radical (unpaired) electrons. The third-order valence-electron chi connectivity index (χ3n) is 5.81. The van der Waals surface area contributed by atoms with Gasteiger partial charge in [0.25, 0.3) is 17.4 Å². The minimum Gasteiger partial charge on any atom is -0.378 e. The van der Waals surface area contributed by atoms with Gasteiger partial charge in [-0.05, 0) is 49.2 Å². The van der Waals surface area contributed by atoms with Gasteiger partial charge >= 0.3 is 0 Å². The first-order valence-electron chi connectivity index (χ1n) is 10.6. The van der Waals surface area contributed by atoms with Crippen LogP contribution in [0.4, 0.5) is 5.69 Å². The smallest absolute Gasteiger partial charge is 0.275 e. The summed E-state index contributed by atoms with van der Waals surface area (Å²) in [4.78, 5) is 43.8. The van der Waals surface area contributed by atoms with Gasteiger partial charge in [0.1, 0.15) is 6.33 Å². The lowest BCUT2D eigenvalue weighted by molar-refractivity contribution is 0.0823. The zero-order chi connectivity index (χ0) is 24.9. The number of nitrogens with one attached hydrogen (secondary N) is 1. The van der Waals surface area contributed by atoms with E-state index in [4.69, 9.17) is 17.3 Å². The summed E-state index contributed by atoms with van der Waals surface area (Å²) < 4.78 is 3.20. The largest absolute Gasteiger partial charge is 0.378 e. The molecular formula is C24H25ClN6O3. The molecule has 0 aliphatic heterocycles. The molecule has 176 valence electrons. The zero-order valence-electron chi connectivity index (χ0n) is 19.5. The van der Waals surface area contributed by atoms with E-state index in [0.717, 1.165) is 11.1 Å². The minimum absolute atomic E-state index is 0.187. The molecule has 4 rings (SSSR count). The number of anilines is 1. The van der Waals surface area contributed by atoms with E-state index in [-0.39, 0.29) is 28.8 Å². The number of rotatable bonds is 5. The van der Waals surface area contributed by atoms with Crippen LogP contribution in [0.15, 0.2) is 41.5 Å². The van der Waals surface area contributed by atoms with Gasteiger partial charge in [0.15, 0.2) is 11.3 Å². The Morgan fingerprint density at radius 1 is 1.21 bits per heavy atom. The van der Waals surface area contributed by atoms with Crippen molar-refractivity contribution in [3.05, 3.63) is 74.4 Å². The number of benzene rings is 2. The molecule has 10 heteroatoms. The predicted octanol–water partition coefficient (Wildman–Crippen LogP) is 3.12. The zero-order valence-corrected chi connectivity index (χ0v) is 20.3. The minimum atomic E-state index is -0.607. The van der Waals surface area contributed by atoms with Crippen molar-refractivity contribution in [3.63, 3.8) is 0 Å². The van der Waals surface area contributed by atoms with Gasteiger partial charge in [0, 0.05) is 31.9 Å². The van der Waals surface area contributed by atoms with Gasteiger partial charge in [0.05, 0.1) is 22.5 Å². The Kier molecular flexibility index (Phi) is 5.82. The average Bonchev–Trinajstić information content (AvgIpc) is 3.22. The van der Waals surface area contributed by atoms with Crippen LogP contribution in [0.2, 0.25) is 5.02 Å². The van der Waals surface area contributed by atoms with Crippen LogP contribution in [0.3, 0.4) is 0 Å². The predicted molar refractivity (Wildman–Crippen MR) is 133 cm³/mol. The number of hydrogen-bond acceptors (Lipinski definition) is 5. The van der Waals surface area contributed by atoms with Crippen LogP contribution in [-0.4, -0.2) is 44.8 Å². The molecule has 3 N–H and O–H groups in total. The van der Waals surface area contributed by atoms with Crippen molar-refractivity contribution >= 4 is 45.7 Å². The Bertz CT molecular complexity index is 1540. The van der Waals surface area contributed by atoms with Crippen molar-refractivity contribution in [2.45, 2.75) is 19.9 Å². The molecule has 9 nitrogen and oxygen atoms in total. The highest BCUT2D eigenvalue weighted by molar-refractivity contribution is 6.31. The number of nitrogens with zero attached hydrogens (tertiary/aromatic N) is 4. The van der Waals surface area contributed by atoms with Gasteiger partial charge in [-0.3, -0.25) is 23.4 Å². The maximum Gasteiger partial charge on any atom is 0.275 e. The summed E-state index contributed by atoms with van der Waals surface area (Å²) in [5.41, 5.74) is 9.00. The fourth-order valence-electron chi connectivity index (χ4n) is 4.19. The number of fused-ring (bicyclic) bond motifs is 3. The van der Waals surface area contributed by atoms with Gasteiger partial charge < -0.3 is 16.0 Å². The summed E-state index contributed by atoms with van der Waals surface area (Å²) >= 11 is 6.05. The normalized spacial score (nSPS) is 12.2. The van der Waals surface area contributed by atoms with E-state index < -0.39 is 5.91 Å². The summed E-state index contributed by atoms with van der Waals surface area (Å²) in [6.07, 6.45) is 1.55. The van der Waals surface area contributed by atoms with Crippen LogP contribution < -0.4 is 16.6 Å². The maximum atomic E-state index is 13.4. The van der Waals surface area contributed by atoms with E-state index in [9.17, 15) is 14.4 Å². The number of carbonyl (C=O) groups is 2. The lowest BCUT2D eigenvalue weighted by Crippen LogP contribution is -2.26. The Morgan fingerprint density at radius 2 is 1.91 bits per heavy atom. The second kappa shape index (κ2) is 8.49. The van der Waals surface area contributed by atoms with Crippen molar-refractivity contribution in [1.29, 1.82) is 0 Å². The number of carbonyl (C=O) groups excluding carboxylic acids is 2. The first-order valence-corrected chi connectivity index (χ1v) is 11.0. The van der Waals surface area contributed by atoms with Crippen LogP contribution >= 0.6 is 11.6 Å². The Morgan fingerprint density at radius 3 is 2.56 bits per heavy atom. The lowest BCUT2D eigenvalue weighted by atomic mass is 10.00. The molecule has 34 heavy (non-hydrogen) atoms. The molecule has 4 aromatic rings. The van der Waals surface area contributed by atoms with Gasteiger partial charge in [-0.15, -0.1) is 0 Å². The Labute approximate surface area is 200 Å². The van der Waals surface area contributed by atoms with Gasteiger partial charge in [0.2, 0.25) is 0 Å². The second-order valence-electron chi connectivity index (χ2n) is 8.52. The van der Waals surface area contributed by atoms with Crippen LogP contribution in [-0.2, 0) is 7.05 Å². The fraction of sp³-hybridized carbons (Fsp3) is 0.250. The molecule has 1 atom stereocenters. The van der Waals surface area contributed by atoms with Gasteiger partial charge in [-0.25, -0.2) is 4.98 Å². The monoisotopic (exact) mass is 480 g/mol. The summed E-state index contributed by atoms with van der Waals surface area (Å²) in [5.74, 6) is -0.909. The molecule has 0 spiro atoms. The number of amides is 2. The number of primary amides is 1. The van der Waals surface area contributed by atoms with Crippen LogP contribution in [0.1, 0.15) is 44.9 Å². The van der Waals surface area contributed by atoms with E-state index in [2.05, 4.69) is 10.3 Å². The van der Waals surface area contributed by atoms with E-state index in [1.165, 1.54) is 15.5 Å². The van der Waals surface area contributed by atoms with Gasteiger partial charge in [-0.1, -0.05) is 17.7 Å². The molecule has 2 heterocycles. The molecular weight excluding hydrogens is 456 g/mol. The number of aryl methyl sites for hydroxylation is 2. The molecule has 0 aliphatic carbocycles. The molecule has 2 amide bonds. The number of imidazole rings is 1. The van der Waals surface area contributed by atoms with Crippen LogP contribution in [0, 0.1) is 6.92 Å². The highest BCUT2D eigenvalue weighted by Gasteiger charge is 2.23. The van der Waals surface area contributed by atoms with Crippen LogP contribution in [0.25, 0.3) is 16.6 Å². The lowest BCUT2D eigenvalue weighted by Gasteiger charge is -2.21. The molecule has 1 unspecified atom stereocenters. The average molecular weight is 481 g/mol. The third-order valence-corrected chi connectivity index (χ3v) is 6.05. The van der Waals surface area contributed by atoms with Crippen LogP contribution in [0.5, 0.6) is 0 Å². The van der Waals surface area contributed by atoms with E-state index in [0.29, 0.717) is 27.3 Å². The van der Waals surface area contributed by atoms with Crippen molar-refractivity contribution in [3.8, 4) is 0 Å². The second-order valence-corrected chi connectivity index (χ2v) is 8.96.